The van der Waals surface area contributed by atoms with E-state index in [0.29, 0.717) is 12.8 Å². The first-order valence-electron chi connectivity index (χ1n) is 26.0. The van der Waals surface area contributed by atoms with Gasteiger partial charge in [0.1, 0.15) is 67.6 Å². The van der Waals surface area contributed by atoms with Crippen molar-refractivity contribution in [2.75, 3.05) is 19.8 Å². The minimum Gasteiger partial charge on any atom is -0.462 e. The number of hydrogen-bond acceptors (Lipinski definition) is 17. The molecule has 1 saturated heterocycles. The van der Waals surface area contributed by atoms with E-state index in [1.807, 2.05) is 0 Å². The second-order valence-corrected chi connectivity index (χ2v) is 20.1. The molecule has 2 rings (SSSR count). The summed E-state index contributed by atoms with van der Waals surface area (Å²) < 4.78 is 45.5. The average molecular weight is 999 g/mol. The number of aliphatic hydroxyl groups excluding tert-OH is 8. The minimum absolute atomic E-state index is 0.0257. The largest absolute Gasteiger partial charge is 0.472 e. The Bertz CT molecular complexity index is 1370. The van der Waals surface area contributed by atoms with E-state index in [2.05, 4.69) is 26.0 Å². The first kappa shape index (κ1) is 62.5. The Kier molecular flexibility index (Phi) is 34.2. The molecule has 1 aliphatic carbocycles. The van der Waals surface area contributed by atoms with Crippen molar-refractivity contribution in [3.63, 3.8) is 0 Å². The summed E-state index contributed by atoms with van der Waals surface area (Å²) >= 11 is 0. The number of unbranched alkanes of at least 4 members (excludes halogenated alkanes) is 23. The number of rotatable bonds is 40. The fourth-order valence-electron chi connectivity index (χ4n) is 8.40. The molecule has 13 atom stereocenters. The zero-order valence-electron chi connectivity index (χ0n) is 41.1. The van der Waals surface area contributed by atoms with E-state index in [0.717, 1.165) is 64.2 Å². The molecular formula is C49H91O18P. The van der Waals surface area contributed by atoms with Gasteiger partial charge in [0.15, 0.2) is 12.4 Å². The molecule has 0 amide bonds. The number of phosphoric acid groups is 1. The summed E-state index contributed by atoms with van der Waals surface area (Å²) in [5, 5.41) is 82.9. The molecule has 1 aliphatic heterocycles. The highest BCUT2D eigenvalue weighted by molar-refractivity contribution is 7.47. The minimum atomic E-state index is -5.37. The summed E-state index contributed by atoms with van der Waals surface area (Å²) in [6.45, 7) is 2.22. The summed E-state index contributed by atoms with van der Waals surface area (Å²) in [6, 6.07) is 0. The first-order valence-corrected chi connectivity index (χ1v) is 27.5. The van der Waals surface area contributed by atoms with Gasteiger partial charge in [0.25, 0.3) is 0 Å². The van der Waals surface area contributed by atoms with Gasteiger partial charge < -0.3 is 64.7 Å². The maximum Gasteiger partial charge on any atom is 0.472 e. The molecule has 1 heterocycles. The molecule has 6 unspecified atom stereocenters. The Hall–Kier alpha value is -1.61. The number of allylic oxidation sites excluding steroid dienone is 2. The lowest BCUT2D eigenvalue weighted by molar-refractivity contribution is -0.338. The molecular weight excluding hydrogens is 907 g/mol. The van der Waals surface area contributed by atoms with Crippen molar-refractivity contribution in [2.24, 2.45) is 0 Å². The van der Waals surface area contributed by atoms with E-state index >= 15 is 0 Å². The summed E-state index contributed by atoms with van der Waals surface area (Å²) in [4.78, 5) is 36.5. The van der Waals surface area contributed by atoms with Crippen LogP contribution in [0, 0.1) is 0 Å². The van der Waals surface area contributed by atoms with E-state index in [9.17, 15) is 59.9 Å². The van der Waals surface area contributed by atoms with Crippen molar-refractivity contribution in [3.05, 3.63) is 12.2 Å². The predicted octanol–water partition coefficient (Wildman–Crippen LogP) is 6.10. The average Bonchev–Trinajstić information content (AvgIpc) is 3.32. The Morgan fingerprint density at radius 1 is 0.544 bits per heavy atom. The Morgan fingerprint density at radius 2 is 0.971 bits per heavy atom. The number of carbonyl (C=O) groups is 2. The molecule has 0 aromatic carbocycles. The van der Waals surface area contributed by atoms with Gasteiger partial charge in [-0.05, 0) is 38.5 Å². The first-order chi connectivity index (χ1) is 32.7. The third-order valence-corrected chi connectivity index (χ3v) is 13.7. The highest BCUT2D eigenvalue weighted by Crippen LogP contribution is 2.48. The number of hydrogen-bond donors (Lipinski definition) is 9. The molecule has 400 valence electrons. The Balaban J connectivity index is 1.94. The molecule has 0 bridgehead atoms. The zero-order valence-corrected chi connectivity index (χ0v) is 42.0. The summed E-state index contributed by atoms with van der Waals surface area (Å²) in [5.74, 6) is -1.22. The van der Waals surface area contributed by atoms with Crippen LogP contribution in [-0.4, -0.2) is 151 Å². The number of aliphatic hydroxyl groups is 8. The molecule has 0 aromatic heterocycles. The van der Waals surface area contributed by atoms with Crippen LogP contribution >= 0.6 is 7.82 Å². The number of carbonyl (C=O) groups excluding carboxylic acids is 2. The van der Waals surface area contributed by atoms with E-state index in [-0.39, 0.29) is 12.8 Å². The van der Waals surface area contributed by atoms with E-state index in [1.165, 1.54) is 89.9 Å². The smallest absolute Gasteiger partial charge is 0.462 e. The van der Waals surface area contributed by atoms with Crippen LogP contribution in [0.4, 0.5) is 0 Å². The number of phosphoric ester groups is 1. The number of esters is 2. The second-order valence-electron chi connectivity index (χ2n) is 18.7. The van der Waals surface area contributed by atoms with Crippen molar-refractivity contribution in [2.45, 2.75) is 267 Å². The Morgan fingerprint density at radius 3 is 1.47 bits per heavy atom. The van der Waals surface area contributed by atoms with Crippen molar-refractivity contribution < 1.29 is 87.9 Å². The molecule has 68 heavy (non-hydrogen) atoms. The van der Waals surface area contributed by atoms with Gasteiger partial charge >= 0.3 is 19.8 Å². The summed E-state index contributed by atoms with van der Waals surface area (Å²) in [6.07, 6.45) is 10.1. The predicted molar refractivity (Wildman–Crippen MR) is 254 cm³/mol. The van der Waals surface area contributed by atoms with E-state index < -0.39 is 113 Å². The normalized spacial score (nSPS) is 27.8. The van der Waals surface area contributed by atoms with Gasteiger partial charge in [0, 0.05) is 12.8 Å². The fourth-order valence-corrected chi connectivity index (χ4v) is 9.37. The fraction of sp³-hybridized carbons (Fsp3) is 0.918. The standard InChI is InChI=1S/C49H91O18P/c1-3-5-7-9-11-13-15-17-18-20-21-23-25-27-29-31-38(51)62-34-36(64-39(52)32-30-28-26-24-22-19-16-14-12-10-8-6-4-2)35-63-68(60,61)67-48-45(58)43(56)42(55)44(57)47(48)66-49-46(59)41(54)40(53)37(33-50)65-49/h14,16,36-37,40-50,53-59H,3-13,15,17-35H2,1-2H3,(H,60,61)/b16-14-/t36-,37?,40-,41?,42-,43?,44?,45?,46-,47-,48-,49-/m1/s1. The molecule has 0 radical (unpaired) electrons. The van der Waals surface area contributed by atoms with Gasteiger partial charge in [-0.3, -0.25) is 18.6 Å². The molecule has 9 N–H and O–H groups in total. The van der Waals surface area contributed by atoms with Gasteiger partial charge in [0.2, 0.25) is 0 Å². The van der Waals surface area contributed by atoms with Gasteiger partial charge in [-0.2, -0.15) is 0 Å². The van der Waals surface area contributed by atoms with Crippen molar-refractivity contribution in [1.29, 1.82) is 0 Å². The Labute approximate surface area is 405 Å². The molecule has 2 fully saturated rings. The van der Waals surface area contributed by atoms with Gasteiger partial charge in [0.05, 0.1) is 13.2 Å². The highest BCUT2D eigenvalue weighted by atomic mass is 31.2. The van der Waals surface area contributed by atoms with Gasteiger partial charge in [-0.25, -0.2) is 4.57 Å². The van der Waals surface area contributed by atoms with Crippen LogP contribution in [0.25, 0.3) is 0 Å². The zero-order chi connectivity index (χ0) is 50.2. The maximum absolute atomic E-state index is 13.4. The van der Waals surface area contributed by atoms with Crippen molar-refractivity contribution >= 4 is 19.8 Å². The van der Waals surface area contributed by atoms with Crippen molar-refractivity contribution in [1.82, 2.24) is 0 Å². The van der Waals surface area contributed by atoms with Gasteiger partial charge in [-0.1, -0.05) is 154 Å². The molecule has 0 aromatic rings. The summed E-state index contributed by atoms with van der Waals surface area (Å²) in [5.41, 5.74) is 0. The van der Waals surface area contributed by atoms with Crippen LogP contribution in [0.5, 0.6) is 0 Å². The number of ether oxygens (including phenoxy) is 4. The van der Waals surface area contributed by atoms with E-state index in [4.69, 9.17) is 28.0 Å². The van der Waals surface area contributed by atoms with Crippen LogP contribution in [0.3, 0.4) is 0 Å². The summed E-state index contributed by atoms with van der Waals surface area (Å²) in [7, 11) is -5.37. The lowest BCUT2D eigenvalue weighted by atomic mass is 9.84. The highest BCUT2D eigenvalue weighted by Gasteiger charge is 2.55. The lowest BCUT2D eigenvalue weighted by Crippen LogP contribution is -2.67. The van der Waals surface area contributed by atoms with Crippen LogP contribution in [0.1, 0.15) is 194 Å². The molecule has 18 nitrogen and oxygen atoms in total. The lowest BCUT2D eigenvalue weighted by Gasteiger charge is -2.47. The topological polar surface area (TPSA) is 289 Å². The molecule has 19 heteroatoms. The molecule has 1 saturated carbocycles. The monoisotopic (exact) mass is 999 g/mol. The van der Waals surface area contributed by atoms with Gasteiger partial charge in [-0.15, -0.1) is 0 Å². The molecule has 2 aliphatic rings. The van der Waals surface area contributed by atoms with Crippen LogP contribution in [0.2, 0.25) is 0 Å². The third kappa shape index (κ3) is 25.7. The second kappa shape index (κ2) is 37.2. The third-order valence-electron chi connectivity index (χ3n) is 12.7. The SMILES string of the molecule is CCCCCC/C=C\CCCCCCCC(=O)O[C@H](COC(=O)CCCCCCCCCCCCCCCCC)COP(=O)(O)O[C@@H]1C(O)C(O)[C@@H](O)C(O)[C@H]1O[C@H]1OC(CO)[C@@H](O)C(O)[C@H]1O. The van der Waals surface area contributed by atoms with Crippen LogP contribution < -0.4 is 0 Å². The maximum atomic E-state index is 13.4. The van der Waals surface area contributed by atoms with Crippen molar-refractivity contribution in [3.8, 4) is 0 Å². The van der Waals surface area contributed by atoms with Crippen LogP contribution in [0.15, 0.2) is 12.2 Å². The quantitative estimate of drug-likeness (QED) is 0.0145. The van der Waals surface area contributed by atoms with E-state index in [1.54, 1.807) is 0 Å². The molecule has 0 spiro atoms. The van der Waals surface area contributed by atoms with Crippen LogP contribution in [-0.2, 0) is 42.1 Å².